The fourth-order valence-corrected chi connectivity index (χ4v) is 5.99. The van der Waals surface area contributed by atoms with Gasteiger partial charge in [-0.1, -0.05) is 140 Å². The molecule has 7 aromatic carbocycles. The van der Waals surface area contributed by atoms with Gasteiger partial charge in [0.2, 0.25) is 0 Å². The van der Waals surface area contributed by atoms with E-state index in [0.29, 0.717) is 6.54 Å². The van der Waals surface area contributed by atoms with Crippen LogP contribution in [0.2, 0.25) is 0 Å². The molecule has 0 aliphatic rings. The Morgan fingerprint density at radius 2 is 1.21 bits per heavy atom. The maximum absolute atomic E-state index is 6.78. The van der Waals surface area contributed by atoms with Crippen LogP contribution in [-0.2, 0) is 6.54 Å². The fraction of sp³-hybridized carbons (Fsp3) is 0.0500. The summed E-state index contributed by atoms with van der Waals surface area (Å²) in [5.74, 6) is 0. The van der Waals surface area contributed by atoms with E-state index in [-0.39, 0.29) is 6.04 Å². The summed E-state index contributed by atoms with van der Waals surface area (Å²) >= 11 is 0. The lowest BCUT2D eigenvalue weighted by molar-refractivity contribution is 0.865. The predicted octanol–water partition coefficient (Wildman–Crippen LogP) is 9.64. The summed E-state index contributed by atoms with van der Waals surface area (Å²) in [4.78, 5) is 0. The van der Waals surface area contributed by atoms with Gasteiger partial charge in [0.1, 0.15) is 0 Å². The molecule has 7 aromatic rings. The van der Waals surface area contributed by atoms with Gasteiger partial charge in [-0.25, -0.2) is 0 Å². The Kier molecular flexibility index (Phi) is 6.97. The normalized spacial score (nSPS) is 12.5. The van der Waals surface area contributed by atoms with Gasteiger partial charge in [-0.3, -0.25) is 0 Å². The first-order valence-corrected chi connectivity index (χ1v) is 14.5. The monoisotopic (exact) mass is 540 g/mol. The minimum absolute atomic E-state index is 0.248. The lowest BCUT2D eigenvalue weighted by Gasteiger charge is -2.19. The van der Waals surface area contributed by atoms with Gasteiger partial charge >= 0.3 is 0 Å². The van der Waals surface area contributed by atoms with E-state index in [1.165, 1.54) is 49.0 Å². The summed E-state index contributed by atoms with van der Waals surface area (Å²) in [5, 5.41) is 11.4. The minimum Gasteiger partial charge on any atom is -0.381 e. The second kappa shape index (κ2) is 11.4. The molecule has 0 heterocycles. The van der Waals surface area contributed by atoms with Gasteiger partial charge in [-0.05, 0) is 78.3 Å². The van der Waals surface area contributed by atoms with Gasteiger partial charge in [0, 0.05) is 12.2 Å². The number of nitrogens with two attached hydrogens (primary N) is 1. The van der Waals surface area contributed by atoms with Crippen LogP contribution in [0.25, 0.3) is 49.1 Å². The van der Waals surface area contributed by atoms with Gasteiger partial charge in [-0.2, -0.15) is 0 Å². The highest BCUT2D eigenvalue weighted by Crippen LogP contribution is 2.34. The molecule has 1 atom stereocenters. The van der Waals surface area contributed by atoms with Crippen LogP contribution in [0.3, 0.4) is 0 Å². The van der Waals surface area contributed by atoms with Gasteiger partial charge in [-0.15, -0.1) is 0 Å². The van der Waals surface area contributed by atoms with Crippen LogP contribution < -0.4 is 11.1 Å². The fourth-order valence-electron chi connectivity index (χ4n) is 5.99. The molecule has 0 aliphatic heterocycles. The van der Waals surface area contributed by atoms with Gasteiger partial charge in [0.15, 0.2) is 0 Å². The topological polar surface area (TPSA) is 38.0 Å². The zero-order valence-corrected chi connectivity index (χ0v) is 23.4. The van der Waals surface area contributed by atoms with E-state index in [9.17, 15) is 0 Å². The summed E-state index contributed by atoms with van der Waals surface area (Å²) in [6.45, 7) is 0.666. The Morgan fingerprint density at radius 1 is 0.548 bits per heavy atom. The SMILES string of the molecule is NC(/C=C(\NCc1c2ccccc2cc2c1ccc1ccccc12)c1cccc(-c2ccccc2)c1)c1ccccc1. The second-order valence-corrected chi connectivity index (χ2v) is 10.8. The smallest absolute Gasteiger partial charge is 0.0504 e. The highest BCUT2D eigenvalue weighted by atomic mass is 14.9. The van der Waals surface area contributed by atoms with Crippen molar-refractivity contribution in [2.24, 2.45) is 5.73 Å². The first-order valence-electron chi connectivity index (χ1n) is 14.5. The summed E-state index contributed by atoms with van der Waals surface area (Å²) in [7, 11) is 0. The first kappa shape index (κ1) is 25.8. The molecule has 0 aliphatic carbocycles. The molecule has 0 aromatic heterocycles. The van der Waals surface area contributed by atoms with Gasteiger partial charge in [0.25, 0.3) is 0 Å². The highest BCUT2D eigenvalue weighted by molar-refractivity contribution is 6.14. The molecule has 7 rings (SSSR count). The van der Waals surface area contributed by atoms with Crippen LogP contribution in [0.4, 0.5) is 0 Å². The number of benzene rings is 7. The standard InChI is InChI=1S/C40H32N2/c41-39(30-15-5-2-6-16-30)26-40(33-19-11-18-31(24-33)28-12-3-1-4-13-28)42-27-38-35-21-10-8-17-32(35)25-37-34-20-9-7-14-29(34)22-23-36(37)38/h1-26,39,42H,27,41H2/b40-26-. The predicted molar refractivity (Wildman–Crippen MR) is 179 cm³/mol. The maximum Gasteiger partial charge on any atom is 0.0504 e. The molecular formula is C40H32N2. The average Bonchev–Trinajstić information content (AvgIpc) is 3.06. The number of rotatable bonds is 7. The van der Waals surface area contributed by atoms with E-state index in [0.717, 1.165) is 16.8 Å². The van der Waals surface area contributed by atoms with Crippen molar-refractivity contribution in [3.63, 3.8) is 0 Å². The summed E-state index contributed by atoms with van der Waals surface area (Å²) in [5.41, 5.74) is 13.6. The van der Waals surface area contributed by atoms with Gasteiger partial charge < -0.3 is 11.1 Å². The zero-order chi connectivity index (χ0) is 28.3. The largest absolute Gasteiger partial charge is 0.381 e. The van der Waals surface area contributed by atoms with Crippen molar-refractivity contribution in [3.8, 4) is 11.1 Å². The summed E-state index contributed by atoms with van der Waals surface area (Å²) < 4.78 is 0. The molecule has 0 bridgehead atoms. The lowest BCUT2D eigenvalue weighted by Crippen LogP contribution is -2.16. The minimum atomic E-state index is -0.248. The van der Waals surface area contributed by atoms with Crippen LogP contribution in [-0.4, -0.2) is 0 Å². The third kappa shape index (κ3) is 5.05. The molecule has 0 amide bonds. The van der Waals surface area contributed by atoms with Crippen LogP contribution in [0.5, 0.6) is 0 Å². The molecule has 202 valence electrons. The maximum atomic E-state index is 6.78. The van der Waals surface area contributed by atoms with E-state index in [1.54, 1.807) is 0 Å². The van der Waals surface area contributed by atoms with Crippen molar-refractivity contribution in [2.45, 2.75) is 12.6 Å². The van der Waals surface area contributed by atoms with Crippen molar-refractivity contribution < 1.29 is 0 Å². The molecule has 1 unspecified atom stereocenters. The van der Waals surface area contributed by atoms with E-state index < -0.39 is 0 Å². The Morgan fingerprint density at radius 3 is 2.02 bits per heavy atom. The van der Waals surface area contributed by atoms with E-state index in [1.807, 2.05) is 18.2 Å². The first-order chi connectivity index (χ1) is 20.7. The van der Waals surface area contributed by atoms with Crippen molar-refractivity contribution in [3.05, 3.63) is 174 Å². The molecule has 2 heteroatoms. The van der Waals surface area contributed by atoms with Crippen molar-refractivity contribution in [1.29, 1.82) is 0 Å². The molecule has 2 nitrogen and oxygen atoms in total. The average molecular weight is 541 g/mol. The van der Waals surface area contributed by atoms with Crippen LogP contribution in [0.1, 0.15) is 22.7 Å². The molecule has 0 radical (unpaired) electrons. The number of hydrogen-bond donors (Lipinski definition) is 2. The van der Waals surface area contributed by atoms with Crippen molar-refractivity contribution in [2.75, 3.05) is 0 Å². The molecule has 42 heavy (non-hydrogen) atoms. The quantitative estimate of drug-likeness (QED) is 0.156. The Bertz CT molecular complexity index is 2040. The molecule has 0 saturated heterocycles. The third-order valence-corrected chi connectivity index (χ3v) is 8.15. The number of fused-ring (bicyclic) bond motifs is 4. The summed E-state index contributed by atoms with van der Waals surface area (Å²) in [6.07, 6.45) is 2.15. The van der Waals surface area contributed by atoms with E-state index in [2.05, 4.69) is 145 Å². The van der Waals surface area contributed by atoms with Crippen LogP contribution in [0, 0.1) is 0 Å². The van der Waals surface area contributed by atoms with E-state index in [4.69, 9.17) is 5.73 Å². The lowest BCUT2D eigenvalue weighted by atomic mass is 9.93. The van der Waals surface area contributed by atoms with Crippen molar-refractivity contribution >= 4 is 38.0 Å². The second-order valence-electron chi connectivity index (χ2n) is 10.8. The van der Waals surface area contributed by atoms with Crippen LogP contribution >= 0.6 is 0 Å². The molecular weight excluding hydrogens is 508 g/mol. The number of nitrogens with one attached hydrogen (secondary N) is 1. The highest BCUT2D eigenvalue weighted by Gasteiger charge is 2.13. The zero-order valence-electron chi connectivity index (χ0n) is 23.4. The molecule has 0 fully saturated rings. The number of hydrogen-bond acceptors (Lipinski definition) is 2. The molecule has 0 saturated carbocycles. The van der Waals surface area contributed by atoms with Crippen LogP contribution in [0.15, 0.2) is 158 Å². The molecule has 0 spiro atoms. The molecule has 3 N–H and O–H groups in total. The van der Waals surface area contributed by atoms with E-state index >= 15 is 0 Å². The Labute approximate surface area is 246 Å². The Balaban J connectivity index is 1.34. The van der Waals surface area contributed by atoms with Crippen molar-refractivity contribution in [1.82, 2.24) is 5.32 Å². The Hall–Kier alpha value is -5.18. The third-order valence-electron chi connectivity index (χ3n) is 8.15. The van der Waals surface area contributed by atoms with Gasteiger partial charge in [0.05, 0.1) is 6.04 Å². The summed E-state index contributed by atoms with van der Waals surface area (Å²) in [6, 6.07) is 53.4.